The molecule has 0 saturated carbocycles. The van der Waals surface area contributed by atoms with E-state index in [-0.39, 0.29) is 6.04 Å². The molecule has 0 amide bonds. The van der Waals surface area contributed by atoms with Gasteiger partial charge in [0.25, 0.3) is 0 Å². The smallest absolute Gasteiger partial charge is 0.0438 e. The maximum atomic E-state index is 6.04. The largest absolute Gasteiger partial charge is 0.367 e. The van der Waals surface area contributed by atoms with Crippen LogP contribution in [0.5, 0.6) is 0 Å². The summed E-state index contributed by atoms with van der Waals surface area (Å²) < 4.78 is 0. The average molecular weight is 205 g/mol. The zero-order valence-corrected chi connectivity index (χ0v) is 9.26. The topological polar surface area (TPSA) is 42.1 Å². The second-order valence-electron chi connectivity index (χ2n) is 4.32. The summed E-state index contributed by atoms with van der Waals surface area (Å²) in [7, 11) is 0. The van der Waals surface area contributed by atoms with E-state index in [1.807, 2.05) is 12.4 Å². The van der Waals surface area contributed by atoms with Crippen LogP contribution in [0.4, 0.5) is 5.69 Å². The Hall–Kier alpha value is -1.09. The highest BCUT2D eigenvalue weighted by molar-refractivity contribution is 5.46. The molecular formula is C12H19N3. The monoisotopic (exact) mass is 205 g/mol. The molecule has 0 aliphatic carbocycles. The summed E-state index contributed by atoms with van der Waals surface area (Å²) in [4.78, 5) is 6.48. The van der Waals surface area contributed by atoms with Crippen LogP contribution in [0.25, 0.3) is 0 Å². The van der Waals surface area contributed by atoms with Gasteiger partial charge in [0, 0.05) is 36.7 Å². The van der Waals surface area contributed by atoms with Crippen molar-refractivity contribution in [1.82, 2.24) is 4.98 Å². The van der Waals surface area contributed by atoms with Gasteiger partial charge in [-0.1, -0.05) is 0 Å². The molecule has 0 radical (unpaired) electrons. The molecule has 2 rings (SSSR count). The van der Waals surface area contributed by atoms with Gasteiger partial charge in [0.2, 0.25) is 0 Å². The SMILES string of the molecule is CC(N)C1CCCCN1c1ccncc1. The van der Waals surface area contributed by atoms with Crippen molar-refractivity contribution in [2.24, 2.45) is 5.73 Å². The Morgan fingerprint density at radius 3 is 2.80 bits per heavy atom. The second kappa shape index (κ2) is 4.62. The molecule has 2 unspecified atom stereocenters. The quantitative estimate of drug-likeness (QED) is 0.800. The lowest BCUT2D eigenvalue weighted by molar-refractivity contribution is 0.413. The third kappa shape index (κ3) is 2.29. The van der Waals surface area contributed by atoms with Crippen LogP contribution < -0.4 is 10.6 Å². The molecule has 2 N–H and O–H groups in total. The first-order valence-corrected chi connectivity index (χ1v) is 5.71. The third-order valence-corrected chi connectivity index (χ3v) is 3.15. The lowest BCUT2D eigenvalue weighted by atomic mass is 9.96. The Bertz CT molecular complexity index is 297. The van der Waals surface area contributed by atoms with Crippen molar-refractivity contribution in [2.75, 3.05) is 11.4 Å². The van der Waals surface area contributed by atoms with Gasteiger partial charge in [-0.05, 0) is 38.3 Å². The number of piperidine rings is 1. The fraction of sp³-hybridized carbons (Fsp3) is 0.583. The molecule has 1 fully saturated rings. The minimum atomic E-state index is 0.235. The number of aromatic nitrogens is 1. The third-order valence-electron chi connectivity index (χ3n) is 3.15. The normalized spacial score (nSPS) is 23.9. The summed E-state index contributed by atoms with van der Waals surface area (Å²) in [6, 6.07) is 4.86. The van der Waals surface area contributed by atoms with Gasteiger partial charge >= 0.3 is 0 Å². The molecule has 1 aliphatic rings. The van der Waals surface area contributed by atoms with Crippen LogP contribution in [0.15, 0.2) is 24.5 Å². The van der Waals surface area contributed by atoms with Gasteiger partial charge in [-0.3, -0.25) is 4.98 Å². The molecule has 3 nitrogen and oxygen atoms in total. The number of hydrogen-bond acceptors (Lipinski definition) is 3. The van der Waals surface area contributed by atoms with E-state index in [0.717, 1.165) is 6.54 Å². The van der Waals surface area contributed by atoms with Crippen LogP contribution in [-0.4, -0.2) is 23.6 Å². The first-order valence-electron chi connectivity index (χ1n) is 5.71. The molecule has 3 heteroatoms. The summed E-state index contributed by atoms with van der Waals surface area (Å²) in [5, 5.41) is 0. The number of rotatable bonds is 2. The van der Waals surface area contributed by atoms with Crippen molar-refractivity contribution in [3.8, 4) is 0 Å². The van der Waals surface area contributed by atoms with E-state index in [2.05, 4.69) is 28.9 Å². The van der Waals surface area contributed by atoms with Gasteiger partial charge in [-0.15, -0.1) is 0 Å². The van der Waals surface area contributed by atoms with Gasteiger partial charge in [0.05, 0.1) is 0 Å². The standard InChI is InChI=1S/C12H19N3/c1-10(13)12-4-2-3-9-15(12)11-5-7-14-8-6-11/h5-8,10,12H,2-4,9,13H2,1H3. The maximum Gasteiger partial charge on any atom is 0.0438 e. The number of anilines is 1. The summed E-state index contributed by atoms with van der Waals surface area (Å²) in [6.45, 7) is 3.22. The Balaban J connectivity index is 2.18. The lowest BCUT2D eigenvalue weighted by Crippen LogP contribution is -2.49. The molecule has 0 spiro atoms. The molecule has 15 heavy (non-hydrogen) atoms. The molecular weight excluding hydrogens is 186 g/mol. The lowest BCUT2D eigenvalue weighted by Gasteiger charge is -2.39. The molecule has 1 aromatic rings. The van der Waals surface area contributed by atoms with Crippen molar-refractivity contribution >= 4 is 5.69 Å². The zero-order valence-electron chi connectivity index (χ0n) is 9.26. The highest BCUT2D eigenvalue weighted by Crippen LogP contribution is 2.25. The van der Waals surface area contributed by atoms with Gasteiger partial charge in [0.1, 0.15) is 0 Å². The number of nitrogens with zero attached hydrogens (tertiary/aromatic N) is 2. The van der Waals surface area contributed by atoms with Crippen LogP contribution in [-0.2, 0) is 0 Å². The highest BCUT2D eigenvalue weighted by atomic mass is 15.2. The highest BCUT2D eigenvalue weighted by Gasteiger charge is 2.25. The fourth-order valence-electron chi connectivity index (χ4n) is 2.36. The minimum Gasteiger partial charge on any atom is -0.367 e. The molecule has 0 bridgehead atoms. The van der Waals surface area contributed by atoms with Crippen molar-refractivity contribution in [3.05, 3.63) is 24.5 Å². The minimum absolute atomic E-state index is 0.235. The Morgan fingerprint density at radius 2 is 2.13 bits per heavy atom. The second-order valence-corrected chi connectivity index (χ2v) is 4.32. The van der Waals surface area contributed by atoms with E-state index in [4.69, 9.17) is 5.73 Å². The zero-order chi connectivity index (χ0) is 10.7. The number of hydrogen-bond donors (Lipinski definition) is 1. The summed E-state index contributed by atoms with van der Waals surface area (Å²) in [5.41, 5.74) is 7.29. The Morgan fingerprint density at radius 1 is 1.40 bits per heavy atom. The van der Waals surface area contributed by atoms with Crippen molar-refractivity contribution in [3.63, 3.8) is 0 Å². The molecule has 1 aliphatic heterocycles. The van der Waals surface area contributed by atoms with E-state index >= 15 is 0 Å². The van der Waals surface area contributed by atoms with Crippen LogP contribution in [0.3, 0.4) is 0 Å². The maximum absolute atomic E-state index is 6.04. The molecule has 2 heterocycles. The average Bonchev–Trinajstić information content (AvgIpc) is 2.30. The fourth-order valence-corrected chi connectivity index (χ4v) is 2.36. The van der Waals surface area contributed by atoms with E-state index in [9.17, 15) is 0 Å². The van der Waals surface area contributed by atoms with Gasteiger partial charge in [-0.25, -0.2) is 0 Å². The predicted molar refractivity (Wildman–Crippen MR) is 62.9 cm³/mol. The molecule has 1 aromatic heterocycles. The van der Waals surface area contributed by atoms with E-state index < -0.39 is 0 Å². The van der Waals surface area contributed by atoms with Crippen molar-refractivity contribution < 1.29 is 0 Å². The number of nitrogens with two attached hydrogens (primary N) is 1. The first kappa shape index (κ1) is 10.4. The summed E-state index contributed by atoms with van der Waals surface area (Å²) >= 11 is 0. The predicted octanol–water partition coefficient (Wildman–Crippen LogP) is 1.79. The van der Waals surface area contributed by atoms with Crippen molar-refractivity contribution in [1.29, 1.82) is 0 Å². The molecule has 1 saturated heterocycles. The van der Waals surface area contributed by atoms with Crippen LogP contribution >= 0.6 is 0 Å². The Labute approximate surface area is 91.3 Å². The van der Waals surface area contributed by atoms with Gasteiger partial charge in [-0.2, -0.15) is 0 Å². The molecule has 82 valence electrons. The summed E-state index contributed by atoms with van der Waals surface area (Å²) in [6.07, 6.45) is 7.48. The van der Waals surface area contributed by atoms with E-state index in [0.29, 0.717) is 6.04 Å². The molecule has 0 aromatic carbocycles. The molecule has 2 atom stereocenters. The van der Waals surface area contributed by atoms with E-state index in [1.165, 1.54) is 24.9 Å². The van der Waals surface area contributed by atoms with Gasteiger partial charge < -0.3 is 10.6 Å². The van der Waals surface area contributed by atoms with Crippen LogP contribution in [0, 0.1) is 0 Å². The van der Waals surface area contributed by atoms with Crippen LogP contribution in [0.2, 0.25) is 0 Å². The van der Waals surface area contributed by atoms with Gasteiger partial charge in [0.15, 0.2) is 0 Å². The van der Waals surface area contributed by atoms with Crippen LogP contribution in [0.1, 0.15) is 26.2 Å². The summed E-state index contributed by atoms with van der Waals surface area (Å²) in [5.74, 6) is 0. The number of pyridine rings is 1. The Kier molecular flexibility index (Phi) is 3.21. The van der Waals surface area contributed by atoms with Crippen molar-refractivity contribution in [2.45, 2.75) is 38.3 Å². The van der Waals surface area contributed by atoms with E-state index in [1.54, 1.807) is 0 Å². The first-order chi connectivity index (χ1) is 7.29.